The zero-order chi connectivity index (χ0) is 17.8. The van der Waals surface area contributed by atoms with Gasteiger partial charge in [-0.3, -0.25) is 9.69 Å². The minimum atomic E-state index is -0.0439. The summed E-state index contributed by atoms with van der Waals surface area (Å²) < 4.78 is 0.936. The molecule has 130 valence electrons. The molecule has 2 heterocycles. The Bertz CT molecular complexity index is 857. The molecule has 0 radical (unpaired) electrons. The number of thiazole rings is 1. The molecule has 0 atom stereocenters. The molecule has 2 aromatic heterocycles. The first-order chi connectivity index (χ1) is 12.1. The standard InChI is InChI=1S/C17H18N4OS3/c1-4-13-5-7-15(8-6-13)21(12(3)22)16-18-14(9-23-16)10-24-17-20-19-11(2)25-17/h5-9H,4,10H2,1-3H3. The third kappa shape index (κ3) is 4.45. The number of carbonyl (C=O) groups is 1. The smallest absolute Gasteiger partial charge is 0.230 e. The molecule has 0 aliphatic rings. The van der Waals surface area contributed by atoms with E-state index in [2.05, 4.69) is 22.1 Å². The Morgan fingerprint density at radius 2 is 2.00 bits per heavy atom. The Kier molecular flexibility index (Phi) is 5.82. The summed E-state index contributed by atoms with van der Waals surface area (Å²) >= 11 is 4.67. The number of hydrogen-bond donors (Lipinski definition) is 0. The van der Waals surface area contributed by atoms with E-state index in [1.54, 1.807) is 34.9 Å². The van der Waals surface area contributed by atoms with Gasteiger partial charge in [-0.1, -0.05) is 42.2 Å². The summed E-state index contributed by atoms with van der Waals surface area (Å²) in [6.45, 7) is 5.62. The van der Waals surface area contributed by atoms with Crippen molar-refractivity contribution in [2.24, 2.45) is 0 Å². The van der Waals surface area contributed by atoms with E-state index >= 15 is 0 Å². The zero-order valence-corrected chi connectivity index (χ0v) is 16.7. The number of aromatic nitrogens is 3. The summed E-state index contributed by atoms with van der Waals surface area (Å²) in [5, 5.41) is 11.8. The molecule has 8 heteroatoms. The second kappa shape index (κ2) is 8.07. The molecule has 3 aromatic rings. The Morgan fingerprint density at radius 1 is 1.24 bits per heavy atom. The molecule has 5 nitrogen and oxygen atoms in total. The molecule has 0 saturated carbocycles. The molecule has 0 aliphatic carbocycles. The van der Waals surface area contributed by atoms with Crippen molar-refractivity contribution in [2.45, 2.75) is 37.3 Å². The number of rotatable bonds is 6. The van der Waals surface area contributed by atoms with Crippen LogP contribution in [0.25, 0.3) is 0 Å². The van der Waals surface area contributed by atoms with Crippen molar-refractivity contribution in [1.82, 2.24) is 15.2 Å². The van der Waals surface area contributed by atoms with Crippen molar-refractivity contribution in [2.75, 3.05) is 4.90 Å². The number of anilines is 2. The van der Waals surface area contributed by atoms with Gasteiger partial charge in [-0.05, 0) is 31.0 Å². The predicted molar refractivity (Wildman–Crippen MR) is 105 cm³/mol. The van der Waals surface area contributed by atoms with E-state index in [-0.39, 0.29) is 5.91 Å². The molecule has 1 aromatic carbocycles. The van der Waals surface area contributed by atoms with Gasteiger partial charge in [0.25, 0.3) is 0 Å². The highest BCUT2D eigenvalue weighted by molar-refractivity contribution is 8.00. The second-order valence-corrected chi connectivity index (χ2v) is 8.61. The number of hydrogen-bond acceptors (Lipinski definition) is 7. The van der Waals surface area contributed by atoms with E-state index < -0.39 is 0 Å². The first-order valence-corrected chi connectivity index (χ1v) is 10.5. The minimum absolute atomic E-state index is 0.0439. The lowest BCUT2D eigenvalue weighted by Crippen LogP contribution is -2.22. The van der Waals surface area contributed by atoms with Gasteiger partial charge in [0.2, 0.25) is 5.91 Å². The van der Waals surface area contributed by atoms with Crippen LogP contribution in [0.3, 0.4) is 0 Å². The largest absolute Gasteiger partial charge is 0.274 e. The van der Waals surface area contributed by atoms with Crippen LogP contribution in [-0.4, -0.2) is 21.1 Å². The third-order valence-corrected chi connectivity index (χ3v) is 6.38. The predicted octanol–water partition coefficient (Wildman–Crippen LogP) is 4.84. The van der Waals surface area contributed by atoms with Crippen LogP contribution in [-0.2, 0) is 17.0 Å². The van der Waals surface area contributed by atoms with E-state index in [0.717, 1.165) is 27.1 Å². The van der Waals surface area contributed by atoms with Crippen molar-refractivity contribution >= 4 is 51.2 Å². The molecule has 0 N–H and O–H groups in total. The van der Waals surface area contributed by atoms with Gasteiger partial charge < -0.3 is 0 Å². The minimum Gasteiger partial charge on any atom is -0.274 e. The van der Waals surface area contributed by atoms with Crippen LogP contribution in [0.2, 0.25) is 0 Å². The maximum Gasteiger partial charge on any atom is 0.230 e. The molecule has 0 unspecified atom stereocenters. The molecule has 0 aliphatic heterocycles. The van der Waals surface area contributed by atoms with Crippen LogP contribution in [0, 0.1) is 6.92 Å². The highest BCUT2D eigenvalue weighted by Crippen LogP contribution is 2.32. The highest BCUT2D eigenvalue weighted by atomic mass is 32.2. The lowest BCUT2D eigenvalue weighted by Gasteiger charge is -2.18. The van der Waals surface area contributed by atoms with Crippen LogP contribution < -0.4 is 4.90 Å². The van der Waals surface area contributed by atoms with Crippen LogP contribution in [0.15, 0.2) is 34.0 Å². The summed E-state index contributed by atoms with van der Waals surface area (Å²) in [6, 6.07) is 8.04. The Morgan fingerprint density at radius 3 is 2.60 bits per heavy atom. The number of benzene rings is 1. The van der Waals surface area contributed by atoms with Crippen molar-refractivity contribution in [3.63, 3.8) is 0 Å². The quantitative estimate of drug-likeness (QED) is 0.564. The second-order valence-electron chi connectivity index (χ2n) is 5.37. The van der Waals surface area contributed by atoms with E-state index in [1.165, 1.54) is 16.9 Å². The van der Waals surface area contributed by atoms with Crippen molar-refractivity contribution < 1.29 is 4.79 Å². The maximum absolute atomic E-state index is 12.2. The number of thioether (sulfide) groups is 1. The van der Waals surface area contributed by atoms with Gasteiger partial charge in [-0.15, -0.1) is 21.5 Å². The van der Waals surface area contributed by atoms with Crippen molar-refractivity contribution in [3.05, 3.63) is 45.9 Å². The van der Waals surface area contributed by atoms with E-state index in [9.17, 15) is 4.79 Å². The summed E-state index contributed by atoms with van der Waals surface area (Å²) in [5.74, 6) is 0.670. The summed E-state index contributed by atoms with van der Waals surface area (Å²) in [4.78, 5) is 18.5. The first-order valence-electron chi connectivity index (χ1n) is 7.83. The van der Waals surface area contributed by atoms with E-state index in [0.29, 0.717) is 10.9 Å². The summed E-state index contributed by atoms with van der Waals surface area (Å²) in [7, 11) is 0. The number of carbonyl (C=O) groups excluding carboxylic acids is 1. The fraction of sp³-hybridized carbons (Fsp3) is 0.294. The van der Waals surface area contributed by atoms with Crippen molar-refractivity contribution in [1.29, 1.82) is 0 Å². The zero-order valence-electron chi connectivity index (χ0n) is 14.2. The molecule has 0 saturated heterocycles. The van der Waals surface area contributed by atoms with Crippen LogP contribution in [0.4, 0.5) is 10.8 Å². The molecule has 0 spiro atoms. The lowest BCUT2D eigenvalue weighted by atomic mass is 10.1. The first kappa shape index (κ1) is 18.0. The maximum atomic E-state index is 12.2. The van der Waals surface area contributed by atoms with Gasteiger partial charge in [0.1, 0.15) is 5.01 Å². The van der Waals surface area contributed by atoms with Gasteiger partial charge in [-0.2, -0.15) is 0 Å². The molecule has 1 amide bonds. The van der Waals surface area contributed by atoms with Gasteiger partial charge in [-0.25, -0.2) is 4.98 Å². The number of amides is 1. The summed E-state index contributed by atoms with van der Waals surface area (Å²) in [5.41, 5.74) is 3.03. The fourth-order valence-corrected chi connectivity index (χ4v) is 4.95. The average Bonchev–Trinajstić information content (AvgIpc) is 3.22. The SMILES string of the molecule is CCc1ccc(N(C(C)=O)c2nc(CSc3nnc(C)s3)cs2)cc1. The van der Waals surface area contributed by atoms with Gasteiger partial charge >= 0.3 is 0 Å². The average molecular weight is 391 g/mol. The topological polar surface area (TPSA) is 59.0 Å². The number of nitrogens with zero attached hydrogens (tertiary/aromatic N) is 4. The molecular weight excluding hydrogens is 372 g/mol. The normalized spacial score (nSPS) is 10.8. The fourth-order valence-electron chi connectivity index (χ4n) is 2.25. The molecule has 0 fully saturated rings. The van der Waals surface area contributed by atoms with E-state index in [4.69, 9.17) is 0 Å². The number of aryl methyl sites for hydroxylation is 2. The lowest BCUT2D eigenvalue weighted by molar-refractivity contribution is -0.115. The van der Waals surface area contributed by atoms with Gasteiger partial charge in [0.15, 0.2) is 9.47 Å². The highest BCUT2D eigenvalue weighted by Gasteiger charge is 2.18. The van der Waals surface area contributed by atoms with Crippen molar-refractivity contribution in [3.8, 4) is 0 Å². The molecular formula is C17H18N4OS3. The summed E-state index contributed by atoms with van der Waals surface area (Å²) in [6.07, 6.45) is 0.976. The molecule has 3 rings (SSSR count). The molecule has 25 heavy (non-hydrogen) atoms. The Labute approximate surface area is 159 Å². The monoisotopic (exact) mass is 390 g/mol. The Hall–Kier alpha value is -1.77. The van der Waals surface area contributed by atoms with Crippen LogP contribution >= 0.6 is 34.4 Å². The van der Waals surface area contributed by atoms with E-state index in [1.807, 2.05) is 36.6 Å². The van der Waals surface area contributed by atoms with Gasteiger partial charge in [0.05, 0.1) is 11.4 Å². The van der Waals surface area contributed by atoms with Crippen LogP contribution in [0.5, 0.6) is 0 Å². The van der Waals surface area contributed by atoms with Gasteiger partial charge in [0, 0.05) is 18.1 Å². The Balaban J connectivity index is 1.75. The molecule has 0 bridgehead atoms. The third-order valence-electron chi connectivity index (χ3n) is 3.50. The van der Waals surface area contributed by atoms with Crippen LogP contribution in [0.1, 0.15) is 30.1 Å².